The lowest BCUT2D eigenvalue weighted by molar-refractivity contribution is 0.100. The zero-order chi connectivity index (χ0) is 16.9. The number of anilines is 4. The summed E-state index contributed by atoms with van der Waals surface area (Å²) in [5, 5.41) is 6.22. The van der Waals surface area contributed by atoms with E-state index in [0.29, 0.717) is 11.8 Å². The maximum atomic E-state index is 11.6. The number of hydrogen-bond acceptors (Lipinski definition) is 5. The Balaban J connectivity index is 1.92. The predicted octanol–water partition coefficient (Wildman–Crippen LogP) is 3.37. The van der Waals surface area contributed by atoms with Gasteiger partial charge in [-0.2, -0.15) is 4.98 Å². The summed E-state index contributed by atoms with van der Waals surface area (Å²) in [6.45, 7) is 2.00. The van der Waals surface area contributed by atoms with E-state index in [9.17, 15) is 4.79 Å². The molecule has 2 aromatic carbocycles. The molecule has 3 rings (SSSR count). The number of aromatic nitrogens is 2. The van der Waals surface area contributed by atoms with Gasteiger partial charge in [0.1, 0.15) is 11.4 Å². The van der Waals surface area contributed by atoms with Crippen LogP contribution < -0.4 is 16.4 Å². The van der Waals surface area contributed by atoms with Crippen molar-refractivity contribution in [3.63, 3.8) is 0 Å². The van der Waals surface area contributed by atoms with Crippen LogP contribution in [-0.2, 0) is 0 Å². The first-order valence-corrected chi connectivity index (χ1v) is 7.44. The molecular weight excluding hydrogens is 302 g/mol. The van der Waals surface area contributed by atoms with Gasteiger partial charge in [-0.3, -0.25) is 4.79 Å². The molecule has 120 valence electrons. The highest BCUT2D eigenvalue weighted by molar-refractivity contribution is 5.98. The van der Waals surface area contributed by atoms with Crippen LogP contribution in [0.2, 0.25) is 0 Å². The van der Waals surface area contributed by atoms with Crippen LogP contribution in [0.5, 0.6) is 0 Å². The van der Waals surface area contributed by atoms with Crippen molar-refractivity contribution in [3.8, 4) is 0 Å². The van der Waals surface area contributed by atoms with Gasteiger partial charge in [-0.05, 0) is 36.8 Å². The summed E-state index contributed by atoms with van der Waals surface area (Å²) in [7, 11) is 0. The summed E-state index contributed by atoms with van der Waals surface area (Å²) in [4.78, 5) is 20.2. The van der Waals surface area contributed by atoms with Crippen molar-refractivity contribution in [1.82, 2.24) is 9.97 Å². The molecule has 0 unspecified atom stereocenters. The van der Waals surface area contributed by atoms with Crippen LogP contribution in [-0.4, -0.2) is 15.9 Å². The minimum absolute atomic E-state index is 0.230. The number of nitrogens with one attached hydrogen (secondary N) is 2. The highest BCUT2D eigenvalue weighted by atomic mass is 16.1. The van der Waals surface area contributed by atoms with Crippen molar-refractivity contribution >= 4 is 29.0 Å². The SMILES string of the molecule is Cc1cccc(Nc2ncc(C(N)=O)c(Nc3ccccc3)n2)c1. The molecule has 6 nitrogen and oxygen atoms in total. The molecule has 0 aliphatic heterocycles. The molecule has 0 bridgehead atoms. The molecule has 24 heavy (non-hydrogen) atoms. The molecule has 1 aromatic heterocycles. The van der Waals surface area contributed by atoms with E-state index < -0.39 is 5.91 Å². The number of aryl methyl sites for hydroxylation is 1. The lowest BCUT2D eigenvalue weighted by atomic mass is 10.2. The molecule has 0 saturated carbocycles. The highest BCUT2D eigenvalue weighted by Crippen LogP contribution is 2.21. The average molecular weight is 319 g/mol. The molecule has 0 atom stereocenters. The van der Waals surface area contributed by atoms with Crippen molar-refractivity contribution < 1.29 is 4.79 Å². The van der Waals surface area contributed by atoms with E-state index in [0.717, 1.165) is 16.9 Å². The molecular formula is C18H17N5O. The zero-order valence-electron chi connectivity index (χ0n) is 13.2. The molecule has 0 aliphatic rings. The van der Waals surface area contributed by atoms with E-state index in [4.69, 9.17) is 5.73 Å². The molecule has 1 heterocycles. The first-order chi connectivity index (χ1) is 11.6. The van der Waals surface area contributed by atoms with Crippen molar-refractivity contribution in [3.05, 3.63) is 71.9 Å². The topological polar surface area (TPSA) is 92.9 Å². The number of hydrogen-bond donors (Lipinski definition) is 3. The first-order valence-electron chi connectivity index (χ1n) is 7.44. The third-order valence-corrected chi connectivity index (χ3v) is 3.36. The van der Waals surface area contributed by atoms with E-state index in [2.05, 4.69) is 20.6 Å². The van der Waals surface area contributed by atoms with Gasteiger partial charge in [0, 0.05) is 17.6 Å². The van der Waals surface area contributed by atoms with Crippen molar-refractivity contribution in [2.24, 2.45) is 5.73 Å². The van der Waals surface area contributed by atoms with Gasteiger partial charge >= 0.3 is 0 Å². The summed E-state index contributed by atoms with van der Waals surface area (Å²) in [5.41, 5.74) is 8.44. The Morgan fingerprint density at radius 3 is 2.46 bits per heavy atom. The smallest absolute Gasteiger partial charge is 0.254 e. The summed E-state index contributed by atoms with van der Waals surface area (Å²) in [6.07, 6.45) is 1.42. The summed E-state index contributed by atoms with van der Waals surface area (Å²) >= 11 is 0. The van der Waals surface area contributed by atoms with Gasteiger partial charge in [0.15, 0.2) is 0 Å². The van der Waals surface area contributed by atoms with Gasteiger partial charge in [-0.15, -0.1) is 0 Å². The Kier molecular flexibility index (Phi) is 4.38. The second-order valence-corrected chi connectivity index (χ2v) is 5.31. The number of benzene rings is 2. The van der Waals surface area contributed by atoms with Gasteiger partial charge in [0.2, 0.25) is 5.95 Å². The maximum absolute atomic E-state index is 11.6. The molecule has 0 saturated heterocycles. The van der Waals surface area contributed by atoms with Crippen molar-refractivity contribution in [2.75, 3.05) is 10.6 Å². The van der Waals surface area contributed by atoms with E-state index in [-0.39, 0.29) is 5.56 Å². The lowest BCUT2D eigenvalue weighted by Crippen LogP contribution is -2.15. The Bertz CT molecular complexity index is 864. The zero-order valence-corrected chi connectivity index (χ0v) is 13.2. The van der Waals surface area contributed by atoms with Gasteiger partial charge in [-0.25, -0.2) is 4.98 Å². The van der Waals surface area contributed by atoms with Gasteiger partial charge in [0.25, 0.3) is 5.91 Å². The Hall–Kier alpha value is -3.41. The minimum atomic E-state index is -0.587. The Labute approximate surface area is 139 Å². The van der Waals surface area contributed by atoms with Crippen LogP contribution in [0.3, 0.4) is 0 Å². The average Bonchev–Trinajstić information content (AvgIpc) is 2.56. The maximum Gasteiger partial charge on any atom is 0.254 e. The fraction of sp³-hybridized carbons (Fsp3) is 0.0556. The fourth-order valence-corrected chi connectivity index (χ4v) is 2.23. The number of nitrogens with zero attached hydrogens (tertiary/aromatic N) is 2. The van der Waals surface area contributed by atoms with E-state index in [1.807, 2.05) is 61.5 Å². The highest BCUT2D eigenvalue weighted by Gasteiger charge is 2.12. The summed E-state index contributed by atoms with van der Waals surface area (Å²) in [5.74, 6) is 0.151. The lowest BCUT2D eigenvalue weighted by Gasteiger charge is -2.11. The Morgan fingerprint density at radius 1 is 1.00 bits per heavy atom. The molecule has 0 aliphatic carbocycles. The quantitative estimate of drug-likeness (QED) is 0.670. The van der Waals surface area contributed by atoms with E-state index >= 15 is 0 Å². The monoisotopic (exact) mass is 319 g/mol. The van der Waals surface area contributed by atoms with Gasteiger partial charge < -0.3 is 16.4 Å². The third-order valence-electron chi connectivity index (χ3n) is 3.36. The number of nitrogens with two attached hydrogens (primary N) is 1. The molecule has 1 amide bonds. The molecule has 0 spiro atoms. The van der Waals surface area contributed by atoms with Gasteiger partial charge in [-0.1, -0.05) is 30.3 Å². The van der Waals surface area contributed by atoms with Crippen LogP contribution in [0, 0.1) is 6.92 Å². The Morgan fingerprint density at radius 2 is 1.75 bits per heavy atom. The first kappa shape index (κ1) is 15.5. The van der Waals surface area contributed by atoms with E-state index in [1.165, 1.54) is 6.20 Å². The predicted molar refractivity (Wildman–Crippen MR) is 94.7 cm³/mol. The summed E-state index contributed by atoms with van der Waals surface area (Å²) in [6, 6.07) is 17.3. The second-order valence-electron chi connectivity index (χ2n) is 5.31. The standard InChI is InChI=1S/C18H17N5O/c1-12-6-5-9-14(10-12)22-18-20-11-15(16(19)24)17(23-18)21-13-7-3-2-4-8-13/h2-11H,1H3,(H2,19,24)(H2,20,21,22,23). The van der Waals surface area contributed by atoms with Crippen LogP contribution in [0.4, 0.5) is 23.1 Å². The molecule has 4 N–H and O–H groups in total. The molecule has 3 aromatic rings. The fourth-order valence-electron chi connectivity index (χ4n) is 2.23. The number of carbonyl (C=O) groups is 1. The van der Waals surface area contributed by atoms with Crippen molar-refractivity contribution in [2.45, 2.75) is 6.92 Å². The summed E-state index contributed by atoms with van der Waals surface area (Å²) < 4.78 is 0. The van der Waals surface area contributed by atoms with Crippen molar-refractivity contribution in [1.29, 1.82) is 0 Å². The number of para-hydroxylation sites is 1. The molecule has 6 heteroatoms. The minimum Gasteiger partial charge on any atom is -0.365 e. The number of rotatable bonds is 5. The van der Waals surface area contributed by atoms with Gasteiger partial charge in [0.05, 0.1) is 0 Å². The molecule has 0 fully saturated rings. The van der Waals surface area contributed by atoms with Crippen LogP contribution in [0.15, 0.2) is 60.8 Å². The van der Waals surface area contributed by atoms with E-state index in [1.54, 1.807) is 0 Å². The van der Waals surface area contributed by atoms with Crippen LogP contribution >= 0.6 is 0 Å². The molecule has 0 radical (unpaired) electrons. The normalized spacial score (nSPS) is 10.2. The van der Waals surface area contributed by atoms with Crippen LogP contribution in [0.25, 0.3) is 0 Å². The number of carbonyl (C=O) groups excluding carboxylic acids is 1. The third kappa shape index (κ3) is 3.67. The number of amides is 1. The van der Waals surface area contributed by atoms with Crippen LogP contribution in [0.1, 0.15) is 15.9 Å². The largest absolute Gasteiger partial charge is 0.365 e. The second kappa shape index (κ2) is 6.78. The number of primary amides is 1.